The average Bonchev–Trinajstić information content (AvgIpc) is 2.95. The second kappa shape index (κ2) is 10.6. The van der Waals surface area contributed by atoms with Crippen LogP contribution in [0.5, 0.6) is 11.5 Å². The van der Waals surface area contributed by atoms with Gasteiger partial charge >= 0.3 is 5.97 Å². The first-order valence-corrected chi connectivity index (χ1v) is 12.2. The van der Waals surface area contributed by atoms with Crippen LogP contribution in [0.25, 0.3) is 32.9 Å². The lowest BCUT2D eigenvalue weighted by Gasteiger charge is -2.13. The van der Waals surface area contributed by atoms with E-state index in [-0.39, 0.29) is 23.9 Å². The van der Waals surface area contributed by atoms with Gasteiger partial charge in [0.05, 0.1) is 16.6 Å². The molecular formula is C31H24N4O4. The molecule has 0 spiro atoms. The van der Waals surface area contributed by atoms with Gasteiger partial charge in [0.25, 0.3) is 5.91 Å². The number of fused-ring (bicyclic) bond motifs is 2. The number of benzene rings is 3. The molecule has 2 aromatic heterocycles. The van der Waals surface area contributed by atoms with Gasteiger partial charge in [0, 0.05) is 17.1 Å². The molecular weight excluding hydrogens is 492 g/mol. The quantitative estimate of drug-likeness (QED) is 0.177. The number of esters is 1. The van der Waals surface area contributed by atoms with E-state index in [1.807, 2.05) is 24.3 Å². The van der Waals surface area contributed by atoms with Crippen molar-refractivity contribution >= 4 is 33.6 Å². The van der Waals surface area contributed by atoms with Crippen LogP contribution in [0.15, 0.2) is 72.9 Å². The van der Waals surface area contributed by atoms with Gasteiger partial charge in [0.1, 0.15) is 23.8 Å². The Balaban J connectivity index is 1.61. The number of ether oxygens (including phenoxy) is 2. The highest BCUT2D eigenvalue weighted by molar-refractivity contribution is 6.08. The van der Waals surface area contributed by atoms with Gasteiger partial charge in [-0.2, -0.15) is 0 Å². The normalized spacial score (nSPS) is 10.9. The van der Waals surface area contributed by atoms with Gasteiger partial charge in [-0.3, -0.25) is 9.78 Å². The van der Waals surface area contributed by atoms with Crippen LogP contribution in [0.1, 0.15) is 46.4 Å². The fourth-order valence-corrected chi connectivity index (χ4v) is 4.27. The Morgan fingerprint density at radius 3 is 2.54 bits per heavy atom. The van der Waals surface area contributed by atoms with Crippen LogP contribution in [-0.4, -0.2) is 33.4 Å². The molecule has 0 unspecified atom stereocenters. The van der Waals surface area contributed by atoms with E-state index in [2.05, 4.69) is 34.7 Å². The molecule has 0 aliphatic heterocycles. The van der Waals surface area contributed by atoms with Crippen molar-refractivity contribution in [3.05, 3.63) is 90.0 Å². The summed E-state index contributed by atoms with van der Waals surface area (Å²) in [5, 5.41) is 1.67. The molecule has 0 atom stereocenters. The van der Waals surface area contributed by atoms with E-state index in [1.54, 1.807) is 42.5 Å². The van der Waals surface area contributed by atoms with E-state index in [0.717, 1.165) is 5.56 Å². The number of rotatable bonds is 7. The molecule has 2 N–H and O–H groups in total. The first kappa shape index (κ1) is 25.4. The second-order valence-electron chi connectivity index (χ2n) is 9.11. The van der Waals surface area contributed by atoms with Crippen LogP contribution in [0.4, 0.5) is 0 Å². The lowest BCUT2D eigenvalue weighted by molar-refractivity contribution is 0.0724. The number of primary amides is 1. The zero-order chi connectivity index (χ0) is 27.5. The van der Waals surface area contributed by atoms with Crippen molar-refractivity contribution in [2.75, 3.05) is 6.61 Å². The predicted octanol–water partition coefficient (Wildman–Crippen LogP) is 5.30. The summed E-state index contributed by atoms with van der Waals surface area (Å²) in [6, 6.07) is 20.0. The molecule has 0 saturated heterocycles. The molecule has 0 saturated carbocycles. The molecule has 0 fully saturated rings. The lowest BCUT2D eigenvalue weighted by Crippen LogP contribution is -2.16. The number of carbonyl (C=O) groups is 2. The molecule has 0 aliphatic rings. The maximum Gasteiger partial charge on any atom is 0.381 e. The molecule has 8 nitrogen and oxygen atoms in total. The minimum absolute atomic E-state index is 0.000703. The number of pyridine rings is 1. The van der Waals surface area contributed by atoms with Crippen LogP contribution in [0, 0.1) is 12.3 Å². The smallest absolute Gasteiger partial charge is 0.381 e. The highest BCUT2D eigenvalue weighted by Crippen LogP contribution is 2.32. The third-order valence-corrected chi connectivity index (χ3v) is 6.21. The molecule has 0 aliphatic carbocycles. The van der Waals surface area contributed by atoms with Gasteiger partial charge in [-0.25, -0.2) is 14.8 Å². The molecule has 2 heterocycles. The Kier molecular flexibility index (Phi) is 6.89. The fourth-order valence-electron chi connectivity index (χ4n) is 4.27. The third kappa shape index (κ3) is 5.11. The molecule has 1 amide bonds. The minimum Gasteiger partial charge on any atom is -0.481 e. The number of amides is 1. The Labute approximate surface area is 224 Å². The van der Waals surface area contributed by atoms with E-state index in [9.17, 15) is 9.59 Å². The summed E-state index contributed by atoms with van der Waals surface area (Å²) in [7, 11) is 0. The van der Waals surface area contributed by atoms with Crippen molar-refractivity contribution < 1.29 is 19.1 Å². The van der Waals surface area contributed by atoms with E-state index < -0.39 is 11.9 Å². The minimum atomic E-state index is -0.795. The molecule has 8 heteroatoms. The Hall–Kier alpha value is -5.29. The summed E-state index contributed by atoms with van der Waals surface area (Å²) < 4.78 is 11.3. The largest absolute Gasteiger partial charge is 0.481 e. The van der Waals surface area contributed by atoms with Crippen LogP contribution < -0.4 is 15.2 Å². The maximum atomic E-state index is 13.4. The van der Waals surface area contributed by atoms with Crippen LogP contribution >= 0.6 is 0 Å². The predicted molar refractivity (Wildman–Crippen MR) is 149 cm³/mol. The van der Waals surface area contributed by atoms with Crippen LogP contribution in [0.3, 0.4) is 0 Å². The topological polar surface area (TPSA) is 117 Å². The number of hydrogen-bond acceptors (Lipinski definition) is 7. The lowest BCUT2D eigenvalue weighted by atomic mass is 9.99. The SMILES string of the molecule is C#CCOc1ccc2nc(C(=O)Oc3cccc4ccnc(C(N)=O)c34)nc(-c3ccc(C(C)C)cc3)c2c1. The summed E-state index contributed by atoms with van der Waals surface area (Å²) in [6.07, 6.45) is 6.82. The molecule has 39 heavy (non-hydrogen) atoms. The molecule has 5 aromatic rings. The fraction of sp³-hybridized carbons (Fsp3) is 0.129. The van der Waals surface area contributed by atoms with Gasteiger partial charge in [-0.1, -0.05) is 56.2 Å². The number of nitrogens with zero attached hydrogens (tertiary/aromatic N) is 3. The number of hydrogen-bond donors (Lipinski definition) is 1. The van der Waals surface area contributed by atoms with Crippen molar-refractivity contribution in [3.8, 4) is 35.1 Å². The van der Waals surface area contributed by atoms with Gasteiger partial charge in [0.15, 0.2) is 0 Å². The van der Waals surface area contributed by atoms with Crippen molar-refractivity contribution in [2.24, 2.45) is 5.73 Å². The molecule has 3 aromatic carbocycles. The third-order valence-electron chi connectivity index (χ3n) is 6.21. The van der Waals surface area contributed by atoms with Gasteiger partial charge in [-0.15, -0.1) is 6.42 Å². The molecule has 5 rings (SSSR count). The maximum absolute atomic E-state index is 13.4. The Morgan fingerprint density at radius 1 is 1.03 bits per heavy atom. The zero-order valence-electron chi connectivity index (χ0n) is 21.3. The summed E-state index contributed by atoms with van der Waals surface area (Å²) in [4.78, 5) is 38.5. The molecule has 0 radical (unpaired) electrons. The van der Waals surface area contributed by atoms with Crippen LogP contribution in [-0.2, 0) is 0 Å². The van der Waals surface area contributed by atoms with E-state index >= 15 is 0 Å². The number of carbonyl (C=O) groups excluding carboxylic acids is 2. The number of aromatic nitrogens is 3. The average molecular weight is 517 g/mol. The van der Waals surface area contributed by atoms with Gasteiger partial charge in [0.2, 0.25) is 5.82 Å². The monoisotopic (exact) mass is 516 g/mol. The van der Waals surface area contributed by atoms with E-state index in [4.69, 9.17) is 21.6 Å². The van der Waals surface area contributed by atoms with Crippen molar-refractivity contribution in [2.45, 2.75) is 19.8 Å². The highest BCUT2D eigenvalue weighted by Gasteiger charge is 2.21. The molecule has 192 valence electrons. The van der Waals surface area contributed by atoms with E-state index in [1.165, 1.54) is 11.8 Å². The van der Waals surface area contributed by atoms with Gasteiger partial charge < -0.3 is 15.2 Å². The first-order chi connectivity index (χ1) is 18.9. The van der Waals surface area contributed by atoms with Crippen LogP contribution in [0.2, 0.25) is 0 Å². The van der Waals surface area contributed by atoms with Crippen molar-refractivity contribution in [1.29, 1.82) is 0 Å². The summed E-state index contributed by atoms with van der Waals surface area (Å²) in [5.74, 6) is 1.81. The number of terminal acetylenes is 1. The van der Waals surface area contributed by atoms with Crippen molar-refractivity contribution in [1.82, 2.24) is 15.0 Å². The standard InChI is InChI=1S/C31H24N4O4/c1-4-16-38-22-12-13-24-23(17-22)27(21-10-8-19(9-11-21)18(2)3)35-30(34-24)31(37)39-25-7-5-6-20-14-15-33-28(26(20)25)29(32)36/h1,5-15,17-18H,16H2,2-3H3,(H2,32,36). The van der Waals surface area contributed by atoms with Gasteiger partial charge in [-0.05, 0) is 47.2 Å². The Bertz CT molecular complexity index is 1770. The summed E-state index contributed by atoms with van der Waals surface area (Å²) >= 11 is 0. The second-order valence-corrected chi connectivity index (χ2v) is 9.11. The van der Waals surface area contributed by atoms with E-state index in [0.29, 0.717) is 39.0 Å². The summed E-state index contributed by atoms with van der Waals surface area (Å²) in [6.45, 7) is 4.35. The molecule has 0 bridgehead atoms. The Morgan fingerprint density at radius 2 is 1.82 bits per heavy atom. The number of nitrogens with two attached hydrogens (primary N) is 1. The first-order valence-electron chi connectivity index (χ1n) is 12.2. The van der Waals surface area contributed by atoms with Crippen molar-refractivity contribution in [3.63, 3.8) is 0 Å². The highest BCUT2D eigenvalue weighted by atomic mass is 16.5. The summed E-state index contributed by atoms with van der Waals surface area (Å²) in [5.41, 5.74) is 8.54. The zero-order valence-corrected chi connectivity index (χ0v) is 21.3.